The first-order valence-electron chi connectivity index (χ1n) is 7.47. The van der Waals surface area contributed by atoms with Gasteiger partial charge < -0.3 is 15.0 Å². The Morgan fingerprint density at radius 3 is 2.56 bits per heavy atom. The van der Waals surface area contributed by atoms with Crippen LogP contribution in [0, 0.1) is 5.92 Å². The van der Waals surface area contributed by atoms with E-state index in [0.29, 0.717) is 0 Å². The minimum atomic E-state index is 0.110. The molecule has 2 fully saturated rings. The van der Waals surface area contributed by atoms with Crippen molar-refractivity contribution in [3.63, 3.8) is 0 Å². The van der Waals surface area contributed by atoms with E-state index in [-0.39, 0.29) is 6.03 Å². The topological polar surface area (TPSA) is 41.6 Å². The van der Waals surface area contributed by atoms with Gasteiger partial charge in [0.2, 0.25) is 0 Å². The zero-order chi connectivity index (χ0) is 12.6. The molecule has 104 valence electrons. The van der Waals surface area contributed by atoms with Gasteiger partial charge in [0.25, 0.3) is 0 Å². The second-order valence-electron chi connectivity index (χ2n) is 5.51. The molecule has 0 aromatic rings. The normalized spacial score (nSPS) is 20.6. The number of nitrogens with zero attached hydrogens (tertiary/aromatic N) is 1. The zero-order valence-electron chi connectivity index (χ0n) is 11.3. The van der Waals surface area contributed by atoms with E-state index in [1.54, 1.807) is 0 Å². The van der Waals surface area contributed by atoms with Crippen molar-refractivity contribution in [1.29, 1.82) is 0 Å². The molecule has 0 atom stereocenters. The molecule has 18 heavy (non-hydrogen) atoms. The highest BCUT2D eigenvalue weighted by atomic mass is 16.5. The standard InChI is InChI=1S/C14H26N2O2/c17-14(16-9-3-1-2-4-10-16)15-8-5-11-18-12-13-6-7-13/h13H,1-12H2,(H,15,17). The number of hydrogen-bond acceptors (Lipinski definition) is 2. The highest BCUT2D eigenvalue weighted by molar-refractivity contribution is 5.74. The van der Waals surface area contributed by atoms with Crippen LogP contribution in [0.25, 0.3) is 0 Å². The van der Waals surface area contributed by atoms with E-state index in [4.69, 9.17) is 4.74 Å². The van der Waals surface area contributed by atoms with E-state index in [1.165, 1.54) is 25.7 Å². The van der Waals surface area contributed by atoms with Crippen molar-refractivity contribution < 1.29 is 9.53 Å². The van der Waals surface area contributed by atoms with Crippen molar-refractivity contribution in [3.8, 4) is 0 Å². The van der Waals surface area contributed by atoms with E-state index in [9.17, 15) is 4.79 Å². The summed E-state index contributed by atoms with van der Waals surface area (Å²) in [5.74, 6) is 0.830. The molecule has 1 aliphatic carbocycles. The average molecular weight is 254 g/mol. The number of hydrogen-bond donors (Lipinski definition) is 1. The molecule has 4 heteroatoms. The Balaban J connectivity index is 1.47. The van der Waals surface area contributed by atoms with Crippen molar-refractivity contribution in [2.75, 3.05) is 32.8 Å². The first-order valence-corrected chi connectivity index (χ1v) is 7.47. The predicted octanol–water partition coefficient (Wildman–Crippen LogP) is 2.39. The first-order chi connectivity index (χ1) is 8.86. The molecule has 1 heterocycles. The molecule has 0 spiro atoms. The number of likely N-dealkylation sites (tertiary alicyclic amines) is 1. The average Bonchev–Trinajstić information content (AvgIpc) is 3.19. The molecule has 0 aromatic heterocycles. The lowest BCUT2D eigenvalue weighted by Gasteiger charge is -2.20. The Morgan fingerprint density at radius 2 is 1.89 bits per heavy atom. The maximum absolute atomic E-state index is 11.9. The third-order valence-corrected chi connectivity index (χ3v) is 3.69. The van der Waals surface area contributed by atoms with Crippen LogP contribution in [0.4, 0.5) is 4.79 Å². The van der Waals surface area contributed by atoms with Gasteiger partial charge in [-0.05, 0) is 38.0 Å². The van der Waals surface area contributed by atoms with Crippen LogP contribution in [-0.4, -0.2) is 43.8 Å². The minimum Gasteiger partial charge on any atom is -0.381 e. The van der Waals surface area contributed by atoms with Gasteiger partial charge >= 0.3 is 6.03 Å². The Hall–Kier alpha value is -0.770. The lowest BCUT2D eigenvalue weighted by atomic mass is 10.2. The van der Waals surface area contributed by atoms with Crippen LogP contribution >= 0.6 is 0 Å². The fraction of sp³-hybridized carbons (Fsp3) is 0.929. The summed E-state index contributed by atoms with van der Waals surface area (Å²) < 4.78 is 5.54. The zero-order valence-corrected chi connectivity index (χ0v) is 11.3. The quantitative estimate of drug-likeness (QED) is 0.739. The summed E-state index contributed by atoms with van der Waals surface area (Å²) in [6, 6.07) is 0.110. The van der Waals surface area contributed by atoms with Crippen molar-refractivity contribution in [2.24, 2.45) is 5.92 Å². The van der Waals surface area contributed by atoms with Crippen LogP contribution < -0.4 is 5.32 Å². The van der Waals surface area contributed by atoms with Crippen LogP contribution in [0.3, 0.4) is 0 Å². The van der Waals surface area contributed by atoms with E-state index >= 15 is 0 Å². The molecule has 1 aliphatic heterocycles. The van der Waals surface area contributed by atoms with Crippen LogP contribution in [0.15, 0.2) is 0 Å². The second-order valence-corrected chi connectivity index (χ2v) is 5.51. The molecule has 2 aliphatic rings. The lowest BCUT2D eigenvalue weighted by molar-refractivity contribution is 0.122. The van der Waals surface area contributed by atoms with Gasteiger partial charge in [-0.3, -0.25) is 0 Å². The molecule has 1 saturated heterocycles. The first kappa shape index (κ1) is 13.7. The van der Waals surface area contributed by atoms with Gasteiger partial charge in [0.15, 0.2) is 0 Å². The Bertz CT molecular complexity index is 246. The summed E-state index contributed by atoms with van der Waals surface area (Å²) in [5, 5.41) is 2.99. The third-order valence-electron chi connectivity index (χ3n) is 3.69. The SMILES string of the molecule is O=C(NCCCOCC1CC1)N1CCCCCC1. The van der Waals surface area contributed by atoms with E-state index < -0.39 is 0 Å². The molecule has 0 unspecified atom stereocenters. The van der Waals surface area contributed by atoms with Crippen LogP contribution in [-0.2, 0) is 4.74 Å². The summed E-state index contributed by atoms with van der Waals surface area (Å²) in [4.78, 5) is 13.8. The van der Waals surface area contributed by atoms with Gasteiger partial charge in [-0.15, -0.1) is 0 Å². The number of carbonyl (C=O) groups is 1. The number of rotatable bonds is 6. The maximum atomic E-state index is 11.9. The van der Waals surface area contributed by atoms with Crippen molar-refractivity contribution in [2.45, 2.75) is 44.9 Å². The summed E-state index contributed by atoms with van der Waals surface area (Å²) in [6.07, 6.45) is 8.43. The van der Waals surface area contributed by atoms with E-state index in [2.05, 4.69) is 5.32 Å². The van der Waals surface area contributed by atoms with E-state index in [1.807, 2.05) is 4.90 Å². The smallest absolute Gasteiger partial charge is 0.317 e. The van der Waals surface area contributed by atoms with Gasteiger partial charge in [0.05, 0.1) is 0 Å². The second kappa shape index (κ2) is 7.62. The number of carbonyl (C=O) groups excluding carboxylic acids is 1. The minimum absolute atomic E-state index is 0.110. The molecule has 1 N–H and O–H groups in total. The molecule has 0 bridgehead atoms. The van der Waals surface area contributed by atoms with Crippen LogP contribution in [0.1, 0.15) is 44.9 Å². The molecule has 2 rings (SSSR count). The lowest BCUT2D eigenvalue weighted by Crippen LogP contribution is -2.41. The highest BCUT2D eigenvalue weighted by Crippen LogP contribution is 2.28. The summed E-state index contributed by atoms with van der Waals surface area (Å²) in [7, 11) is 0. The largest absolute Gasteiger partial charge is 0.381 e. The molecular weight excluding hydrogens is 228 g/mol. The number of ether oxygens (including phenoxy) is 1. The monoisotopic (exact) mass is 254 g/mol. The van der Waals surface area contributed by atoms with Crippen molar-refractivity contribution in [3.05, 3.63) is 0 Å². The van der Waals surface area contributed by atoms with Gasteiger partial charge in [0, 0.05) is 32.8 Å². The molecule has 4 nitrogen and oxygen atoms in total. The summed E-state index contributed by atoms with van der Waals surface area (Å²) in [5.41, 5.74) is 0. The third kappa shape index (κ3) is 5.25. The van der Waals surface area contributed by atoms with Gasteiger partial charge in [-0.25, -0.2) is 4.79 Å². The molecule has 1 saturated carbocycles. The van der Waals surface area contributed by atoms with Crippen LogP contribution in [0.5, 0.6) is 0 Å². The molecule has 0 radical (unpaired) electrons. The number of amides is 2. The maximum Gasteiger partial charge on any atom is 0.317 e. The van der Waals surface area contributed by atoms with Crippen LogP contribution in [0.2, 0.25) is 0 Å². The summed E-state index contributed by atoms with van der Waals surface area (Å²) in [6.45, 7) is 4.27. The van der Waals surface area contributed by atoms with E-state index in [0.717, 1.165) is 58.0 Å². The fourth-order valence-corrected chi connectivity index (χ4v) is 2.29. The Morgan fingerprint density at radius 1 is 1.17 bits per heavy atom. The highest BCUT2D eigenvalue weighted by Gasteiger charge is 2.20. The fourth-order valence-electron chi connectivity index (χ4n) is 2.29. The van der Waals surface area contributed by atoms with Crippen molar-refractivity contribution >= 4 is 6.03 Å². The predicted molar refractivity (Wildman–Crippen MR) is 71.6 cm³/mol. The molecular formula is C14H26N2O2. The van der Waals surface area contributed by atoms with Crippen molar-refractivity contribution in [1.82, 2.24) is 10.2 Å². The number of urea groups is 1. The number of nitrogens with one attached hydrogen (secondary N) is 1. The van der Waals surface area contributed by atoms with Gasteiger partial charge in [0.1, 0.15) is 0 Å². The Kier molecular flexibility index (Phi) is 5.78. The molecule has 2 amide bonds. The summed E-state index contributed by atoms with van der Waals surface area (Å²) >= 11 is 0. The molecule has 0 aromatic carbocycles. The van der Waals surface area contributed by atoms with Gasteiger partial charge in [-0.2, -0.15) is 0 Å². The van der Waals surface area contributed by atoms with Gasteiger partial charge in [-0.1, -0.05) is 12.8 Å². The Labute approximate surface area is 110 Å².